The molecule has 0 spiro atoms. The monoisotopic (exact) mass is 284 g/mol. The minimum atomic E-state index is -1.09. The largest absolute Gasteiger partial charge is 0.478 e. The molecule has 8 heteroatoms. The maximum Gasteiger partial charge on any atom is 0.335 e. The van der Waals surface area contributed by atoms with Crippen LogP contribution in [0.5, 0.6) is 0 Å². The number of carboxylic acids is 2. The Bertz CT molecular complexity index is 858. The van der Waals surface area contributed by atoms with Gasteiger partial charge in [0, 0.05) is 5.56 Å². The molecule has 1 heterocycles. The minimum Gasteiger partial charge on any atom is -0.478 e. The fourth-order valence-electron chi connectivity index (χ4n) is 2.08. The number of carboxylic acid groups (broad SMARTS) is 2. The fourth-order valence-corrected chi connectivity index (χ4v) is 2.08. The third-order valence-corrected chi connectivity index (χ3v) is 3.03. The van der Waals surface area contributed by atoms with Gasteiger partial charge < -0.3 is 10.2 Å². The summed E-state index contributed by atoms with van der Waals surface area (Å²) in [6.07, 6.45) is 0. The summed E-state index contributed by atoms with van der Waals surface area (Å²) < 4.78 is 0. The van der Waals surface area contributed by atoms with Gasteiger partial charge in [0.05, 0.1) is 11.1 Å². The van der Waals surface area contributed by atoms with Gasteiger partial charge in [-0.2, -0.15) is 5.21 Å². The van der Waals surface area contributed by atoms with Gasteiger partial charge >= 0.3 is 11.9 Å². The van der Waals surface area contributed by atoms with Gasteiger partial charge in [-0.25, -0.2) is 9.59 Å². The molecular formula is C13H8N4O4. The van der Waals surface area contributed by atoms with Crippen LogP contribution in [-0.4, -0.2) is 42.8 Å². The number of aromatic amines is 1. The maximum atomic E-state index is 11.2. The molecule has 8 nitrogen and oxygen atoms in total. The lowest BCUT2D eigenvalue weighted by atomic mass is 9.98. The van der Waals surface area contributed by atoms with Crippen LogP contribution in [0.15, 0.2) is 30.3 Å². The number of benzene rings is 2. The number of rotatable bonds is 3. The van der Waals surface area contributed by atoms with Crippen LogP contribution in [-0.2, 0) is 0 Å². The first-order chi connectivity index (χ1) is 10.1. The van der Waals surface area contributed by atoms with Crippen LogP contribution in [0, 0.1) is 0 Å². The lowest BCUT2D eigenvalue weighted by Gasteiger charge is -2.06. The summed E-state index contributed by atoms with van der Waals surface area (Å²) in [5.74, 6) is -1.96. The molecule has 0 unspecified atom stereocenters. The summed E-state index contributed by atoms with van der Waals surface area (Å²) in [4.78, 5) is 22.3. The van der Waals surface area contributed by atoms with Crippen LogP contribution in [0.25, 0.3) is 22.2 Å². The fraction of sp³-hybridized carbons (Fsp3) is 0. The molecule has 0 aliphatic heterocycles. The van der Waals surface area contributed by atoms with Gasteiger partial charge in [0.15, 0.2) is 0 Å². The van der Waals surface area contributed by atoms with Crippen molar-refractivity contribution in [2.24, 2.45) is 0 Å². The highest BCUT2D eigenvalue weighted by Crippen LogP contribution is 2.28. The molecule has 0 saturated carbocycles. The third kappa shape index (κ3) is 2.18. The van der Waals surface area contributed by atoms with E-state index >= 15 is 0 Å². The molecule has 0 bridgehead atoms. The smallest absolute Gasteiger partial charge is 0.335 e. The second kappa shape index (κ2) is 4.67. The lowest BCUT2D eigenvalue weighted by Crippen LogP contribution is -2.00. The maximum absolute atomic E-state index is 11.2. The highest BCUT2D eigenvalue weighted by molar-refractivity contribution is 6.04. The second-order valence-electron chi connectivity index (χ2n) is 4.31. The molecule has 0 radical (unpaired) electrons. The van der Waals surface area contributed by atoms with Gasteiger partial charge in [0.25, 0.3) is 0 Å². The number of aromatic nitrogens is 4. The molecule has 0 atom stereocenters. The van der Waals surface area contributed by atoms with Gasteiger partial charge in [-0.3, -0.25) is 0 Å². The molecule has 0 saturated heterocycles. The lowest BCUT2D eigenvalue weighted by molar-refractivity contribution is 0.0686. The first-order valence-corrected chi connectivity index (χ1v) is 5.84. The predicted octanol–water partition coefficient (Wildman–Crippen LogP) is 1.42. The zero-order chi connectivity index (χ0) is 15.0. The molecule has 0 aliphatic rings. The topological polar surface area (TPSA) is 129 Å². The molecular weight excluding hydrogens is 276 g/mol. The SMILES string of the molecule is O=C(O)c1cc(-c2nn[nH]n2)c2cc(C(=O)O)ccc2c1. The van der Waals surface area contributed by atoms with Crippen LogP contribution in [0.3, 0.4) is 0 Å². The van der Waals surface area contributed by atoms with E-state index in [4.69, 9.17) is 10.2 Å². The standard InChI is InChI=1S/C13H8N4O4/c18-12(19)7-2-1-6-3-8(13(20)21)5-10(9(6)4-7)11-14-16-17-15-11/h1-5H,(H,18,19)(H,20,21)(H,14,15,16,17). The van der Waals surface area contributed by atoms with E-state index in [1.165, 1.54) is 24.3 Å². The van der Waals surface area contributed by atoms with Crippen LogP contribution in [0.1, 0.15) is 20.7 Å². The number of carbonyl (C=O) groups is 2. The van der Waals surface area contributed by atoms with E-state index in [0.717, 1.165) is 0 Å². The third-order valence-electron chi connectivity index (χ3n) is 3.03. The van der Waals surface area contributed by atoms with Crippen molar-refractivity contribution in [2.45, 2.75) is 0 Å². The molecule has 21 heavy (non-hydrogen) atoms. The molecule has 2 aromatic carbocycles. The number of aromatic carboxylic acids is 2. The highest BCUT2D eigenvalue weighted by Gasteiger charge is 2.15. The second-order valence-corrected chi connectivity index (χ2v) is 4.31. The number of fused-ring (bicyclic) bond motifs is 1. The summed E-state index contributed by atoms with van der Waals surface area (Å²) in [5, 5.41) is 32.7. The van der Waals surface area contributed by atoms with Crippen LogP contribution < -0.4 is 0 Å². The van der Waals surface area contributed by atoms with Gasteiger partial charge in [0.2, 0.25) is 5.82 Å². The molecule has 3 N–H and O–H groups in total. The van der Waals surface area contributed by atoms with Crippen molar-refractivity contribution in [3.63, 3.8) is 0 Å². The number of nitrogens with zero attached hydrogens (tertiary/aromatic N) is 3. The molecule has 0 fully saturated rings. The van der Waals surface area contributed by atoms with Crippen molar-refractivity contribution in [1.82, 2.24) is 20.6 Å². The van der Waals surface area contributed by atoms with E-state index in [1.54, 1.807) is 6.07 Å². The normalized spacial score (nSPS) is 10.7. The first kappa shape index (κ1) is 12.7. The van der Waals surface area contributed by atoms with E-state index in [2.05, 4.69) is 20.6 Å². The first-order valence-electron chi connectivity index (χ1n) is 5.84. The highest BCUT2D eigenvalue weighted by atomic mass is 16.4. The molecule has 3 aromatic rings. The summed E-state index contributed by atoms with van der Waals surface area (Å²) in [6.45, 7) is 0. The van der Waals surface area contributed by atoms with Gasteiger partial charge in [-0.05, 0) is 40.3 Å². The molecule has 0 aliphatic carbocycles. The Hall–Kier alpha value is -3.29. The van der Waals surface area contributed by atoms with E-state index in [1.807, 2.05) is 0 Å². The van der Waals surface area contributed by atoms with Crippen molar-refractivity contribution < 1.29 is 19.8 Å². The number of hydrogen-bond acceptors (Lipinski definition) is 5. The predicted molar refractivity (Wildman–Crippen MR) is 71.0 cm³/mol. The number of nitrogens with one attached hydrogen (secondary N) is 1. The Kier molecular flexibility index (Phi) is 2.83. The quantitative estimate of drug-likeness (QED) is 0.663. The van der Waals surface area contributed by atoms with E-state index in [-0.39, 0.29) is 17.0 Å². The summed E-state index contributed by atoms with van der Waals surface area (Å²) in [6, 6.07) is 7.27. The van der Waals surface area contributed by atoms with Crippen LogP contribution in [0.2, 0.25) is 0 Å². The Morgan fingerprint density at radius 3 is 2.38 bits per heavy atom. The summed E-state index contributed by atoms with van der Waals surface area (Å²) in [5.41, 5.74) is 0.558. The van der Waals surface area contributed by atoms with Crippen molar-refractivity contribution in [3.05, 3.63) is 41.5 Å². The summed E-state index contributed by atoms with van der Waals surface area (Å²) in [7, 11) is 0. The molecule has 3 rings (SSSR count). The summed E-state index contributed by atoms with van der Waals surface area (Å²) >= 11 is 0. The number of H-pyrrole nitrogens is 1. The van der Waals surface area contributed by atoms with Gasteiger partial charge in [-0.15, -0.1) is 10.2 Å². The Morgan fingerprint density at radius 1 is 1.00 bits per heavy atom. The Balaban J connectivity index is 2.36. The molecule has 104 valence electrons. The zero-order valence-corrected chi connectivity index (χ0v) is 10.4. The van der Waals surface area contributed by atoms with Crippen molar-refractivity contribution in [2.75, 3.05) is 0 Å². The average Bonchev–Trinajstić information content (AvgIpc) is 2.99. The number of hydrogen-bond donors (Lipinski definition) is 3. The Morgan fingerprint density at radius 2 is 1.76 bits per heavy atom. The number of tetrazole rings is 1. The van der Waals surface area contributed by atoms with Crippen LogP contribution >= 0.6 is 0 Å². The Labute approximate surface area is 117 Å². The van der Waals surface area contributed by atoms with Crippen molar-refractivity contribution in [1.29, 1.82) is 0 Å². The van der Waals surface area contributed by atoms with Crippen LogP contribution in [0.4, 0.5) is 0 Å². The van der Waals surface area contributed by atoms with E-state index < -0.39 is 11.9 Å². The zero-order valence-electron chi connectivity index (χ0n) is 10.4. The average molecular weight is 284 g/mol. The van der Waals surface area contributed by atoms with Gasteiger partial charge in [0.1, 0.15) is 0 Å². The van der Waals surface area contributed by atoms with Crippen molar-refractivity contribution >= 4 is 22.7 Å². The van der Waals surface area contributed by atoms with E-state index in [9.17, 15) is 9.59 Å². The molecule has 0 amide bonds. The van der Waals surface area contributed by atoms with E-state index in [0.29, 0.717) is 16.3 Å². The van der Waals surface area contributed by atoms with Crippen molar-refractivity contribution in [3.8, 4) is 11.4 Å². The van der Waals surface area contributed by atoms with Gasteiger partial charge in [-0.1, -0.05) is 6.07 Å². The molecule has 1 aromatic heterocycles. The minimum absolute atomic E-state index is 0.0605.